The molecule has 28 heavy (non-hydrogen) atoms. The van der Waals surface area contributed by atoms with E-state index in [1.165, 1.54) is 48.6 Å². The molecule has 0 unspecified atom stereocenters. The van der Waals surface area contributed by atoms with Crippen molar-refractivity contribution < 1.29 is 27.9 Å². The first kappa shape index (κ1) is 19.5. The molecule has 0 saturated heterocycles. The molecule has 8 heteroatoms. The monoisotopic (exact) mass is 401 g/mol. The molecule has 1 N–H and O–H groups in total. The molecule has 3 rings (SSSR count). The van der Waals surface area contributed by atoms with Crippen molar-refractivity contribution in [3.8, 4) is 11.3 Å². The summed E-state index contributed by atoms with van der Waals surface area (Å²) in [5.41, 5.74) is 0.613. The maximum absolute atomic E-state index is 13.0. The molecule has 0 aliphatic carbocycles. The lowest BCUT2D eigenvalue weighted by Gasteiger charge is -2.01. The molecule has 0 radical (unpaired) electrons. The molecular weight excluding hydrogens is 385 g/mol. The number of hydrogen-bond donors (Lipinski definition) is 1. The van der Waals surface area contributed by atoms with Crippen molar-refractivity contribution in [2.24, 2.45) is 0 Å². The molecule has 0 atom stereocenters. The van der Waals surface area contributed by atoms with Gasteiger partial charge in [0.1, 0.15) is 11.6 Å². The maximum atomic E-state index is 13.0. The quantitative estimate of drug-likeness (QED) is 0.480. The lowest BCUT2D eigenvalue weighted by atomic mass is 10.2. The van der Waals surface area contributed by atoms with Gasteiger partial charge in [0.05, 0.1) is 11.4 Å². The van der Waals surface area contributed by atoms with Crippen molar-refractivity contribution in [1.82, 2.24) is 5.32 Å². The fraction of sp³-hybridized carbons (Fsp3) is 0.150. The van der Waals surface area contributed by atoms with E-state index in [1.54, 1.807) is 18.2 Å². The van der Waals surface area contributed by atoms with Gasteiger partial charge in [0.2, 0.25) is 17.5 Å². The molecule has 1 amide bonds. The van der Waals surface area contributed by atoms with Crippen LogP contribution in [0, 0.1) is 5.82 Å². The number of esters is 1. The number of benzene rings is 1. The van der Waals surface area contributed by atoms with Crippen LogP contribution >= 0.6 is 11.3 Å². The summed E-state index contributed by atoms with van der Waals surface area (Å²) in [7, 11) is 0. The fourth-order valence-electron chi connectivity index (χ4n) is 2.32. The van der Waals surface area contributed by atoms with Crippen molar-refractivity contribution in [1.29, 1.82) is 0 Å². The van der Waals surface area contributed by atoms with Crippen LogP contribution in [0.25, 0.3) is 11.3 Å². The average Bonchev–Trinajstić information content (AvgIpc) is 3.34. The molecule has 0 saturated carbocycles. The van der Waals surface area contributed by atoms with E-state index in [-0.39, 0.29) is 23.3 Å². The van der Waals surface area contributed by atoms with E-state index in [4.69, 9.17) is 9.15 Å². The van der Waals surface area contributed by atoms with Crippen LogP contribution in [0.15, 0.2) is 52.9 Å². The van der Waals surface area contributed by atoms with Gasteiger partial charge in [-0.1, -0.05) is 0 Å². The zero-order valence-electron chi connectivity index (χ0n) is 14.9. The highest BCUT2D eigenvalue weighted by Crippen LogP contribution is 2.23. The molecule has 1 aromatic carbocycles. The topological polar surface area (TPSA) is 85.6 Å². The van der Waals surface area contributed by atoms with E-state index in [9.17, 15) is 18.8 Å². The first-order valence-electron chi connectivity index (χ1n) is 8.31. The molecular formula is C20H16FNO5S. The zero-order chi connectivity index (χ0) is 20.1. The van der Waals surface area contributed by atoms with Gasteiger partial charge in [0, 0.05) is 17.4 Å². The SMILES string of the molecule is CC(=O)NCc1ccc(C(=O)COC(=O)c2ccc(-c3ccc(F)cc3)o2)s1. The minimum Gasteiger partial charge on any atom is -0.451 e. The Morgan fingerprint density at radius 2 is 1.82 bits per heavy atom. The third-order valence-corrected chi connectivity index (χ3v) is 4.84. The average molecular weight is 401 g/mol. The Hall–Kier alpha value is -3.26. The lowest BCUT2D eigenvalue weighted by molar-refractivity contribution is -0.119. The minimum absolute atomic E-state index is 0.0512. The number of ether oxygens (including phenoxy) is 1. The van der Waals surface area contributed by atoms with Crippen molar-refractivity contribution in [3.63, 3.8) is 0 Å². The molecule has 0 aliphatic rings. The number of amides is 1. The smallest absolute Gasteiger partial charge is 0.374 e. The number of rotatable bonds is 7. The first-order valence-corrected chi connectivity index (χ1v) is 9.13. The second-order valence-corrected chi connectivity index (χ2v) is 7.01. The summed E-state index contributed by atoms with van der Waals surface area (Å²) in [6, 6.07) is 12.0. The summed E-state index contributed by atoms with van der Waals surface area (Å²) >= 11 is 1.22. The van der Waals surface area contributed by atoms with E-state index >= 15 is 0 Å². The largest absolute Gasteiger partial charge is 0.451 e. The molecule has 2 aromatic heterocycles. The summed E-state index contributed by atoms with van der Waals surface area (Å²) in [4.78, 5) is 36.4. The van der Waals surface area contributed by atoms with E-state index in [0.717, 1.165) is 4.88 Å². The molecule has 0 bridgehead atoms. The Kier molecular flexibility index (Phi) is 6.00. The number of thiophene rings is 1. The summed E-state index contributed by atoms with van der Waals surface area (Å²) < 4.78 is 23.4. The van der Waals surface area contributed by atoms with Crippen LogP contribution in [-0.4, -0.2) is 24.3 Å². The molecule has 144 valence electrons. The van der Waals surface area contributed by atoms with Crippen molar-refractivity contribution in [2.75, 3.05) is 6.61 Å². The first-order chi connectivity index (χ1) is 13.4. The van der Waals surface area contributed by atoms with Gasteiger partial charge in [0.15, 0.2) is 6.61 Å². The van der Waals surface area contributed by atoms with Crippen LogP contribution in [0.1, 0.15) is 32.0 Å². The van der Waals surface area contributed by atoms with Gasteiger partial charge in [-0.25, -0.2) is 9.18 Å². The molecule has 2 heterocycles. The Morgan fingerprint density at radius 3 is 2.54 bits per heavy atom. The maximum Gasteiger partial charge on any atom is 0.374 e. The highest BCUT2D eigenvalue weighted by atomic mass is 32.1. The highest BCUT2D eigenvalue weighted by molar-refractivity contribution is 7.14. The normalized spacial score (nSPS) is 10.5. The lowest BCUT2D eigenvalue weighted by Crippen LogP contribution is -2.18. The Labute approximate surface area is 163 Å². The third kappa shape index (κ3) is 4.92. The molecule has 0 spiro atoms. The predicted molar refractivity (Wildman–Crippen MR) is 101 cm³/mol. The second-order valence-electron chi connectivity index (χ2n) is 5.85. The van der Waals surface area contributed by atoms with Gasteiger partial charge in [-0.2, -0.15) is 0 Å². The number of furan rings is 1. The summed E-state index contributed by atoms with van der Waals surface area (Å²) in [6.07, 6.45) is 0. The van der Waals surface area contributed by atoms with Crippen LogP contribution < -0.4 is 5.32 Å². The van der Waals surface area contributed by atoms with Gasteiger partial charge in [-0.05, 0) is 48.5 Å². The third-order valence-electron chi connectivity index (χ3n) is 3.72. The number of nitrogens with one attached hydrogen (secondary N) is 1. The number of halogens is 1. The zero-order valence-corrected chi connectivity index (χ0v) is 15.7. The summed E-state index contributed by atoms with van der Waals surface area (Å²) in [5.74, 6) is -1.31. The summed E-state index contributed by atoms with van der Waals surface area (Å²) in [5, 5.41) is 2.65. The van der Waals surface area contributed by atoms with Gasteiger partial charge in [-0.15, -0.1) is 11.3 Å². The standard InChI is InChI=1S/C20H16FNO5S/c1-12(23)22-10-15-6-9-19(28-15)16(24)11-26-20(25)18-8-7-17(27-18)13-2-4-14(21)5-3-13/h2-9H,10-11H2,1H3,(H,22,23). The van der Waals surface area contributed by atoms with Gasteiger partial charge >= 0.3 is 5.97 Å². The second kappa shape index (κ2) is 8.62. The molecule has 0 aliphatic heterocycles. The number of carbonyl (C=O) groups excluding carboxylic acids is 3. The minimum atomic E-state index is -0.767. The van der Waals surface area contributed by atoms with Crippen molar-refractivity contribution in [2.45, 2.75) is 13.5 Å². The van der Waals surface area contributed by atoms with Crippen molar-refractivity contribution in [3.05, 3.63) is 69.9 Å². The highest BCUT2D eigenvalue weighted by Gasteiger charge is 2.17. The Balaban J connectivity index is 1.56. The van der Waals surface area contributed by atoms with E-state index in [1.807, 2.05) is 0 Å². The Bertz CT molecular complexity index is 1010. The van der Waals surface area contributed by atoms with Crippen LogP contribution in [0.3, 0.4) is 0 Å². The number of ketones is 1. The van der Waals surface area contributed by atoms with E-state index in [2.05, 4.69) is 5.32 Å². The van der Waals surface area contributed by atoms with Crippen LogP contribution in [-0.2, 0) is 16.1 Å². The summed E-state index contributed by atoms with van der Waals surface area (Å²) in [6.45, 7) is 1.33. The van der Waals surface area contributed by atoms with E-state index < -0.39 is 12.6 Å². The Morgan fingerprint density at radius 1 is 1.07 bits per heavy atom. The number of hydrogen-bond acceptors (Lipinski definition) is 6. The van der Waals surface area contributed by atoms with Gasteiger partial charge in [0.25, 0.3) is 0 Å². The van der Waals surface area contributed by atoms with Gasteiger partial charge < -0.3 is 14.5 Å². The van der Waals surface area contributed by atoms with Gasteiger partial charge in [-0.3, -0.25) is 9.59 Å². The van der Waals surface area contributed by atoms with Crippen LogP contribution in [0.5, 0.6) is 0 Å². The van der Waals surface area contributed by atoms with E-state index in [0.29, 0.717) is 22.7 Å². The molecule has 3 aromatic rings. The number of Topliss-reactive ketones (excluding diaryl/α,β-unsaturated/α-hetero) is 1. The number of carbonyl (C=O) groups is 3. The fourth-order valence-corrected chi connectivity index (χ4v) is 3.20. The predicted octanol–water partition coefficient (Wildman–Crippen LogP) is 3.82. The molecule has 6 nitrogen and oxygen atoms in total. The van der Waals surface area contributed by atoms with Crippen LogP contribution in [0.4, 0.5) is 4.39 Å². The molecule has 0 fully saturated rings. The van der Waals surface area contributed by atoms with Crippen molar-refractivity contribution >= 4 is 29.0 Å². The van der Waals surface area contributed by atoms with Crippen LogP contribution in [0.2, 0.25) is 0 Å².